The van der Waals surface area contributed by atoms with Crippen LogP contribution in [-0.4, -0.2) is 45.4 Å². The van der Waals surface area contributed by atoms with Gasteiger partial charge in [0.15, 0.2) is 11.6 Å². The Labute approximate surface area is 168 Å². The molecular formula is C20H25N5O2S. The molecule has 3 heterocycles. The van der Waals surface area contributed by atoms with Gasteiger partial charge in [-0.05, 0) is 19.4 Å². The number of aryl methyl sites for hydroxylation is 1. The van der Waals surface area contributed by atoms with Crippen LogP contribution in [0.2, 0.25) is 0 Å². The molecule has 148 valence electrons. The van der Waals surface area contributed by atoms with Crippen LogP contribution in [0.15, 0.2) is 23.6 Å². The van der Waals surface area contributed by atoms with E-state index in [0.29, 0.717) is 0 Å². The zero-order valence-corrected chi connectivity index (χ0v) is 17.5. The van der Waals surface area contributed by atoms with Gasteiger partial charge in [-0.1, -0.05) is 13.0 Å². The van der Waals surface area contributed by atoms with Crippen molar-refractivity contribution in [2.45, 2.75) is 39.4 Å². The number of ether oxygens (including phenoxy) is 2. The summed E-state index contributed by atoms with van der Waals surface area (Å²) < 4.78 is 13.1. The number of thiazole rings is 1. The van der Waals surface area contributed by atoms with E-state index in [0.717, 1.165) is 65.5 Å². The topological polar surface area (TPSA) is 65.3 Å². The van der Waals surface area contributed by atoms with Crippen molar-refractivity contribution in [3.05, 3.63) is 40.0 Å². The lowest BCUT2D eigenvalue weighted by Crippen LogP contribution is -2.36. The monoisotopic (exact) mass is 399 g/mol. The standard InChI is InChI=1S/C20H25N5O2S/c1-5-18-21-16(12-28-18)20-23-22-19-13(2)24(8-9-25(19)20)11-14-6-7-15(26-3)10-17(14)27-4/h6-7,10,12-13H,5,8-9,11H2,1-4H3. The first kappa shape index (κ1) is 18.9. The Morgan fingerprint density at radius 3 is 2.75 bits per heavy atom. The summed E-state index contributed by atoms with van der Waals surface area (Å²) in [5.41, 5.74) is 2.06. The average molecular weight is 400 g/mol. The van der Waals surface area contributed by atoms with Crippen molar-refractivity contribution in [2.75, 3.05) is 20.8 Å². The van der Waals surface area contributed by atoms with Crippen molar-refractivity contribution in [3.8, 4) is 23.0 Å². The predicted octanol–water partition coefficient (Wildman–Crippen LogP) is 3.56. The zero-order chi connectivity index (χ0) is 19.7. The molecule has 1 unspecified atom stereocenters. The molecule has 7 nitrogen and oxygen atoms in total. The highest BCUT2D eigenvalue weighted by Gasteiger charge is 2.29. The van der Waals surface area contributed by atoms with Gasteiger partial charge >= 0.3 is 0 Å². The number of benzene rings is 1. The number of hydrogen-bond acceptors (Lipinski definition) is 7. The molecule has 28 heavy (non-hydrogen) atoms. The van der Waals surface area contributed by atoms with E-state index < -0.39 is 0 Å². The van der Waals surface area contributed by atoms with Gasteiger partial charge in [0.05, 0.1) is 25.3 Å². The molecule has 3 aromatic rings. The Morgan fingerprint density at radius 2 is 2.04 bits per heavy atom. The Balaban J connectivity index is 1.57. The van der Waals surface area contributed by atoms with Gasteiger partial charge in [0.1, 0.15) is 17.2 Å². The molecular weight excluding hydrogens is 374 g/mol. The van der Waals surface area contributed by atoms with Crippen molar-refractivity contribution < 1.29 is 9.47 Å². The second-order valence-electron chi connectivity index (χ2n) is 6.84. The first-order valence-corrected chi connectivity index (χ1v) is 10.3. The van der Waals surface area contributed by atoms with Gasteiger partial charge in [0.2, 0.25) is 0 Å². The molecule has 1 aliphatic rings. The van der Waals surface area contributed by atoms with Crippen molar-refractivity contribution in [2.24, 2.45) is 0 Å². The van der Waals surface area contributed by atoms with Gasteiger partial charge in [-0.2, -0.15) is 0 Å². The van der Waals surface area contributed by atoms with E-state index in [1.165, 1.54) is 0 Å². The molecule has 2 aromatic heterocycles. The second-order valence-corrected chi connectivity index (χ2v) is 7.78. The quantitative estimate of drug-likeness (QED) is 0.631. The van der Waals surface area contributed by atoms with Crippen molar-refractivity contribution in [1.29, 1.82) is 0 Å². The Bertz CT molecular complexity index is 967. The number of aromatic nitrogens is 4. The summed E-state index contributed by atoms with van der Waals surface area (Å²) >= 11 is 1.68. The fourth-order valence-corrected chi connectivity index (χ4v) is 4.34. The highest BCUT2D eigenvalue weighted by molar-refractivity contribution is 7.09. The first-order valence-electron chi connectivity index (χ1n) is 9.47. The maximum Gasteiger partial charge on any atom is 0.183 e. The lowest BCUT2D eigenvalue weighted by atomic mass is 10.1. The molecule has 0 aliphatic carbocycles. The number of hydrogen-bond donors (Lipinski definition) is 0. The smallest absolute Gasteiger partial charge is 0.183 e. The molecule has 8 heteroatoms. The summed E-state index contributed by atoms with van der Waals surface area (Å²) in [4.78, 5) is 7.08. The fourth-order valence-electron chi connectivity index (χ4n) is 3.61. The Kier molecular flexibility index (Phi) is 5.32. The summed E-state index contributed by atoms with van der Waals surface area (Å²) in [7, 11) is 3.36. The number of nitrogens with zero attached hydrogens (tertiary/aromatic N) is 5. The normalized spacial score (nSPS) is 16.8. The van der Waals surface area contributed by atoms with E-state index in [2.05, 4.69) is 49.9 Å². The van der Waals surface area contributed by atoms with Crippen molar-refractivity contribution >= 4 is 11.3 Å². The molecule has 1 aromatic carbocycles. The highest BCUT2D eigenvalue weighted by Crippen LogP contribution is 2.32. The van der Waals surface area contributed by atoms with Crippen LogP contribution in [0.1, 0.15) is 36.3 Å². The SMILES string of the molecule is CCc1nc(-c2nnc3n2CCN(Cc2ccc(OC)cc2OC)C3C)cs1. The van der Waals surface area contributed by atoms with Gasteiger partial charge in [-0.25, -0.2) is 4.98 Å². The number of methoxy groups -OCH3 is 2. The highest BCUT2D eigenvalue weighted by atomic mass is 32.1. The van der Waals surface area contributed by atoms with E-state index in [1.807, 2.05) is 12.1 Å². The van der Waals surface area contributed by atoms with E-state index in [9.17, 15) is 0 Å². The first-order chi connectivity index (χ1) is 13.6. The lowest BCUT2D eigenvalue weighted by Gasteiger charge is -2.33. The minimum absolute atomic E-state index is 0.158. The molecule has 0 N–H and O–H groups in total. The summed E-state index contributed by atoms with van der Waals surface area (Å²) in [5, 5.41) is 12.2. The van der Waals surface area contributed by atoms with Crippen LogP contribution in [0.3, 0.4) is 0 Å². The van der Waals surface area contributed by atoms with E-state index >= 15 is 0 Å². The summed E-state index contributed by atoms with van der Waals surface area (Å²) in [6.07, 6.45) is 0.944. The molecule has 0 saturated carbocycles. The van der Waals surface area contributed by atoms with Gasteiger partial charge in [0, 0.05) is 36.6 Å². The van der Waals surface area contributed by atoms with E-state index in [1.54, 1.807) is 25.6 Å². The molecule has 0 amide bonds. The van der Waals surface area contributed by atoms with Crippen LogP contribution in [0.4, 0.5) is 0 Å². The van der Waals surface area contributed by atoms with Crippen LogP contribution in [-0.2, 0) is 19.5 Å². The third kappa shape index (κ3) is 3.38. The van der Waals surface area contributed by atoms with Crippen molar-refractivity contribution in [3.63, 3.8) is 0 Å². The summed E-state index contributed by atoms with van der Waals surface area (Å²) in [6.45, 7) is 6.85. The van der Waals surface area contributed by atoms with E-state index in [4.69, 9.17) is 9.47 Å². The molecule has 0 fully saturated rings. The third-order valence-corrected chi connectivity index (χ3v) is 6.26. The Hall–Kier alpha value is -2.45. The minimum Gasteiger partial charge on any atom is -0.497 e. The van der Waals surface area contributed by atoms with E-state index in [-0.39, 0.29) is 6.04 Å². The Morgan fingerprint density at radius 1 is 1.18 bits per heavy atom. The number of rotatable bonds is 6. The summed E-state index contributed by atoms with van der Waals surface area (Å²) in [5.74, 6) is 3.50. The molecule has 0 radical (unpaired) electrons. The molecule has 1 aliphatic heterocycles. The second kappa shape index (κ2) is 7.89. The van der Waals surface area contributed by atoms with Gasteiger partial charge in [0.25, 0.3) is 0 Å². The molecule has 0 bridgehead atoms. The van der Waals surface area contributed by atoms with Gasteiger partial charge in [-0.15, -0.1) is 21.5 Å². The van der Waals surface area contributed by atoms with Crippen molar-refractivity contribution in [1.82, 2.24) is 24.6 Å². The van der Waals surface area contributed by atoms with Crippen LogP contribution in [0.5, 0.6) is 11.5 Å². The van der Waals surface area contributed by atoms with Crippen LogP contribution in [0, 0.1) is 0 Å². The maximum atomic E-state index is 5.56. The van der Waals surface area contributed by atoms with Gasteiger partial charge in [-0.3, -0.25) is 4.90 Å². The lowest BCUT2D eigenvalue weighted by molar-refractivity contribution is 0.155. The number of fused-ring (bicyclic) bond motifs is 1. The summed E-state index contributed by atoms with van der Waals surface area (Å²) in [6, 6.07) is 6.13. The molecule has 4 rings (SSSR count). The minimum atomic E-state index is 0.158. The predicted molar refractivity (Wildman–Crippen MR) is 109 cm³/mol. The van der Waals surface area contributed by atoms with Gasteiger partial charge < -0.3 is 14.0 Å². The van der Waals surface area contributed by atoms with Crippen LogP contribution < -0.4 is 9.47 Å². The third-order valence-electron chi connectivity index (χ3n) is 5.26. The average Bonchev–Trinajstić information content (AvgIpc) is 3.37. The largest absolute Gasteiger partial charge is 0.497 e. The van der Waals surface area contributed by atoms with Crippen LogP contribution in [0.25, 0.3) is 11.5 Å². The molecule has 1 atom stereocenters. The van der Waals surface area contributed by atoms with Crippen LogP contribution >= 0.6 is 11.3 Å². The molecule has 0 saturated heterocycles. The fraction of sp³-hybridized carbons (Fsp3) is 0.450. The zero-order valence-electron chi connectivity index (χ0n) is 16.7. The maximum absolute atomic E-state index is 5.56. The molecule has 0 spiro atoms.